The van der Waals surface area contributed by atoms with Crippen LogP contribution in [0, 0.1) is 5.92 Å². The lowest BCUT2D eigenvalue weighted by Crippen LogP contribution is -2.12. The topological polar surface area (TPSA) is 87.0 Å². The normalized spacial score (nSPS) is 13.1. The van der Waals surface area contributed by atoms with E-state index in [0.29, 0.717) is 35.8 Å². The monoisotopic (exact) mass is 508 g/mol. The number of pyridine rings is 2. The van der Waals surface area contributed by atoms with Gasteiger partial charge in [0.05, 0.1) is 25.5 Å². The second-order valence-electron chi connectivity index (χ2n) is 8.73. The summed E-state index contributed by atoms with van der Waals surface area (Å²) in [5.74, 6) is 1.41. The number of nitrogens with one attached hydrogen (secondary N) is 1. The molecule has 0 unspecified atom stereocenters. The number of aromatic nitrogens is 3. The maximum absolute atomic E-state index is 13.3. The first-order chi connectivity index (χ1) is 18.0. The van der Waals surface area contributed by atoms with Gasteiger partial charge in [-0.1, -0.05) is 6.07 Å². The number of ketones is 1. The average Bonchev–Trinajstić information content (AvgIpc) is 3.61. The maximum atomic E-state index is 13.3. The van der Waals surface area contributed by atoms with E-state index in [9.17, 15) is 13.6 Å². The molecule has 0 amide bonds. The van der Waals surface area contributed by atoms with Crippen LogP contribution in [0.15, 0.2) is 61.1 Å². The fourth-order valence-electron chi connectivity index (χ4n) is 4.13. The van der Waals surface area contributed by atoms with Gasteiger partial charge in [0.15, 0.2) is 5.78 Å². The number of Topliss-reactive ketones (excluding diaryl/α,β-unsaturated/α-hetero) is 1. The molecule has 37 heavy (non-hydrogen) atoms. The second-order valence-corrected chi connectivity index (χ2v) is 8.73. The number of nitrogens with zero attached hydrogens (tertiary/aromatic N) is 3. The average molecular weight is 509 g/mol. The van der Waals surface area contributed by atoms with Crippen LogP contribution in [0.3, 0.4) is 0 Å². The number of hydrogen-bond acceptors (Lipinski definition) is 7. The Kier molecular flexibility index (Phi) is 7.16. The lowest BCUT2D eigenvalue weighted by atomic mass is 10.00. The number of carbonyl (C=O) groups is 1. The minimum Gasteiger partial charge on any atom is -0.496 e. The van der Waals surface area contributed by atoms with Gasteiger partial charge in [-0.2, -0.15) is 8.78 Å². The molecular weight excluding hydrogens is 482 g/mol. The Labute approximate surface area is 212 Å². The molecule has 8 nitrogen and oxygen atoms in total. The lowest BCUT2D eigenvalue weighted by molar-refractivity contribution is -0.0502. The van der Waals surface area contributed by atoms with Crippen LogP contribution in [-0.4, -0.2) is 47.0 Å². The summed E-state index contributed by atoms with van der Waals surface area (Å²) in [5, 5.41) is 3.18. The van der Waals surface area contributed by atoms with Crippen LogP contribution >= 0.6 is 0 Å². The van der Waals surface area contributed by atoms with Crippen molar-refractivity contribution in [2.24, 2.45) is 5.92 Å². The molecule has 1 fully saturated rings. The largest absolute Gasteiger partial charge is 0.496 e. The third-order valence-corrected chi connectivity index (χ3v) is 6.07. The van der Waals surface area contributed by atoms with Crippen molar-refractivity contribution >= 4 is 17.2 Å². The van der Waals surface area contributed by atoms with Crippen LogP contribution in [-0.2, 0) is 0 Å². The van der Waals surface area contributed by atoms with Crippen molar-refractivity contribution in [1.82, 2.24) is 14.4 Å². The van der Waals surface area contributed by atoms with Gasteiger partial charge in [0, 0.05) is 30.4 Å². The van der Waals surface area contributed by atoms with Gasteiger partial charge < -0.3 is 19.5 Å². The Bertz CT molecular complexity index is 1390. The highest BCUT2D eigenvalue weighted by Crippen LogP contribution is 2.40. The number of carbonyl (C=O) groups excluding carboxylic acids is 1. The number of alkyl halides is 2. The smallest absolute Gasteiger partial charge is 0.387 e. The number of methoxy groups -OCH3 is 1. The van der Waals surface area contributed by atoms with Gasteiger partial charge in [0.2, 0.25) is 0 Å². The number of fused-ring (bicyclic) bond motifs is 1. The fourth-order valence-corrected chi connectivity index (χ4v) is 4.13. The molecule has 5 rings (SSSR count). The molecule has 1 N–H and O–H groups in total. The van der Waals surface area contributed by atoms with E-state index in [2.05, 4.69) is 15.3 Å². The van der Waals surface area contributed by atoms with Gasteiger partial charge in [-0.3, -0.25) is 9.20 Å². The second kappa shape index (κ2) is 10.8. The molecule has 3 aromatic heterocycles. The molecule has 3 heterocycles. The number of anilines is 1. The zero-order valence-electron chi connectivity index (χ0n) is 20.2. The summed E-state index contributed by atoms with van der Waals surface area (Å²) >= 11 is 0. The first-order valence-corrected chi connectivity index (χ1v) is 12.0. The van der Waals surface area contributed by atoms with Crippen LogP contribution in [0.25, 0.3) is 16.9 Å². The highest BCUT2D eigenvalue weighted by molar-refractivity contribution is 6.02. The summed E-state index contributed by atoms with van der Waals surface area (Å²) in [7, 11) is 1.40. The minimum atomic E-state index is -3.08. The number of imidazole rings is 1. The summed E-state index contributed by atoms with van der Waals surface area (Å²) in [5.41, 5.74) is 1.80. The zero-order chi connectivity index (χ0) is 25.8. The summed E-state index contributed by atoms with van der Waals surface area (Å²) in [6.07, 6.45) is 7.33. The van der Waals surface area contributed by atoms with Gasteiger partial charge >= 0.3 is 6.61 Å². The van der Waals surface area contributed by atoms with Crippen LogP contribution in [0.5, 0.6) is 17.2 Å². The highest BCUT2D eigenvalue weighted by atomic mass is 19.3. The molecule has 10 heteroatoms. The van der Waals surface area contributed by atoms with Crippen LogP contribution in [0.1, 0.15) is 29.6 Å². The lowest BCUT2D eigenvalue weighted by Gasteiger charge is -2.16. The predicted octanol–water partition coefficient (Wildman–Crippen LogP) is 5.48. The van der Waals surface area contributed by atoms with Crippen molar-refractivity contribution in [2.75, 3.05) is 25.6 Å². The third-order valence-electron chi connectivity index (χ3n) is 6.07. The van der Waals surface area contributed by atoms with Crippen LogP contribution in [0.2, 0.25) is 0 Å². The van der Waals surface area contributed by atoms with E-state index in [1.54, 1.807) is 41.2 Å². The van der Waals surface area contributed by atoms with Crippen molar-refractivity contribution in [3.8, 4) is 28.5 Å². The number of hydrogen-bond donors (Lipinski definition) is 1. The van der Waals surface area contributed by atoms with Crippen LogP contribution in [0.4, 0.5) is 14.6 Å². The number of halogens is 2. The first-order valence-electron chi connectivity index (χ1n) is 12.0. The van der Waals surface area contributed by atoms with Gasteiger partial charge in [-0.15, -0.1) is 0 Å². The van der Waals surface area contributed by atoms with Gasteiger partial charge in [0.1, 0.15) is 40.9 Å². The standard InChI is InChI=1S/C27H26F2N4O4/c1-35-22-13-18(14-23(37-27(28)29)26(22)21(34)12-17-5-6-17)20-16-32-25-15-19(7-10-33(20)25)36-11-9-31-24-4-2-3-8-30-24/h2-4,7-8,10,13-17,27H,5-6,9,11-12H2,1H3,(H,30,31). The van der Waals surface area contributed by atoms with Gasteiger partial charge in [-0.05, 0) is 49.1 Å². The van der Waals surface area contributed by atoms with E-state index >= 15 is 0 Å². The van der Waals surface area contributed by atoms with Gasteiger partial charge in [-0.25, -0.2) is 9.97 Å². The number of rotatable bonds is 12. The van der Waals surface area contributed by atoms with Crippen LogP contribution < -0.4 is 19.5 Å². The molecular formula is C27H26F2N4O4. The Hall–Kier alpha value is -4.21. The SMILES string of the molecule is COc1cc(-c2cnc3cc(OCCNc4ccccn4)ccn23)cc(OC(F)F)c1C(=O)CC1CC1. The van der Waals surface area contributed by atoms with E-state index in [1.807, 2.05) is 18.2 Å². The molecule has 0 bridgehead atoms. The molecule has 0 atom stereocenters. The summed E-state index contributed by atoms with van der Waals surface area (Å²) in [4.78, 5) is 21.5. The number of ether oxygens (including phenoxy) is 3. The summed E-state index contributed by atoms with van der Waals surface area (Å²) in [6, 6.07) is 12.3. The van der Waals surface area contributed by atoms with Gasteiger partial charge in [0.25, 0.3) is 0 Å². The molecule has 0 radical (unpaired) electrons. The molecule has 0 spiro atoms. The molecule has 1 aliphatic carbocycles. The number of benzene rings is 1. The Morgan fingerprint density at radius 2 is 2.00 bits per heavy atom. The van der Waals surface area contributed by atoms with E-state index < -0.39 is 6.61 Å². The third kappa shape index (κ3) is 5.79. The molecule has 1 saturated carbocycles. The molecule has 0 saturated heterocycles. The van der Waals surface area contributed by atoms with Crippen molar-refractivity contribution < 1.29 is 27.8 Å². The Morgan fingerprint density at radius 3 is 2.73 bits per heavy atom. The molecule has 4 aromatic rings. The molecule has 0 aliphatic heterocycles. The predicted molar refractivity (Wildman–Crippen MR) is 134 cm³/mol. The first kappa shape index (κ1) is 24.5. The zero-order valence-corrected chi connectivity index (χ0v) is 20.2. The summed E-state index contributed by atoms with van der Waals surface area (Å²) < 4.78 is 44.3. The molecule has 1 aromatic carbocycles. The quantitative estimate of drug-likeness (QED) is 0.200. The maximum Gasteiger partial charge on any atom is 0.387 e. The fraction of sp³-hybridized carbons (Fsp3) is 0.296. The molecule has 1 aliphatic rings. The van der Waals surface area contributed by atoms with Crippen molar-refractivity contribution in [2.45, 2.75) is 25.9 Å². The highest BCUT2D eigenvalue weighted by Gasteiger charge is 2.29. The van der Waals surface area contributed by atoms with Crippen molar-refractivity contribution in [3.05, 3.63) is 66.6 Å². The van der Waals surface area contributed by atoms with E-state index in [-0.39, 0.29) is 35.2 Å². The van der Waals surface area contributed by atoms with E-state index in [0.717, 1.165) is 18.7 Å². The Morgan fingerprint density at radius 1 is 1.16 bits per heavy atom. The van der Waals surface area contributed by atoms with Crippen molar-refractivity contribution in [1.29, 1.82) is 0 Å². The van der Waals surface area contributed by atoms with E-state index in [1.165, 1.54) is 13.2 Å². The summed E-state index contributed by atoms with van der Waals surface area (Å²) in [6.45, 7) is -2.09. The molecule has 192 valence electrons. The van der Waals surface area contributed by atoms with E-state index in [4.69, 9.17) is 14.2 Å². The van der Waals surface area contributed by atoms with Crippen molar-refractivity contribution in [3.63, 3.8) is 0 Å². The Balaban J connectivity index is 1.37. The minimum absolute atomic E-state index is 0.0438.